The molecule has 1 aromatic rings. The first-order valence-corrected chi connectivity index (χ1v) is 4.59. The summed E-state index contributed by atoms with van der Waals surface area (Å²) in [6, 6.07) is 9.87. The van der Waals surface area contributed by atoms with Crippen LogP contribution < -0.4 is 0 Å². The van der Waals surface area contributed by atoms with Gasteiger partial charge in [0.05, 0.1) is 12.2 Å². The van der Waals surface area contributed by atoms with E-state index in [0.29, 0.717) is 6.42 Å². The Morgan fingerprint density at radius 1 is 1.50 bits per heavy atom. The van der Waals surface area contributed by atoms with Gasteiger partial charge in [-0.25, -0.2) is 0 Å². The Morgan fingerprint density at radius 2 is 2.14 bits per heavy atom. The van der Waals surface area contributed by atoms with Crippen LogP contribution in [0.4, 0.5) is 0 Å². The lowest BCUT2D eigenvalue weighted by Crippen LogP contribution is -2.14. The van der Waals surface area contributed by atoms with Crippen LogP contribution in [-0.4, -0.2) is 5.97 Å². The van der Waals surface area contributed by atoms with Gasteiger partial charge in [-0.3, -0.25) is 4.79 Å². The Hall–Kier alpha value is -1.57. The van der Waals surface area contributed by atoms with Gasteiger partial charge in [-0.05, 0) is 12.0 Å². The number of ether oxygens (including phenoxy) is 1. The van der Waals surface area contributed by atoms with Crippen LogP contribution in [0.15, 0.2) is 43.2 Å². The number of benzene rings is 1. The van der Waals surface area contributed by atoms with Gasteiger partial charge in [0.25, 0.3) is 0 Å². The van der Waals surface area contributed by atoms with E-state index >= 15 is 0 Å². The molecule has 0 heterocycles. The highest BCUT2D eigenvalue weighted by Crippen LogP contribution is 2.09. The van der Waals surface area contributed by atoms with Gasteiger partial charge in [0.2, 0.25) is 0 Å². The number of hydrogen-bond acceptors (Lipinski definition) is 2. The maximum atomic E-state index is 11.3. The van der Waals surface area contributed by atoms with Crippen molar-refractivity contribution < 1.29 is 9.53 Å². The van der Waals surface area contributed by atoms with Crippen molar-refractivity contribution in [1.29, 1.82) is 0 Å². The van der Waals surface area contributed by atoms with Crippen molar-refractivity contribution >= 4 is 5.97 Å². The molecule has 0 bridgehead atoms. The van der Waals surface area contributed by atoms with Crippen LogP contribution >= 0.6 is 0 Å². The number of esters is 1. The molecule has 0 spiro atoms. The average molecular weight is 190 g/mol. The number of carbonyl (C=O) groups excluding carboxylic acids is 1. The van der Waals surface area contributed by atoms with Crippen molar-refractivity contribution in [3.05, 3.63) is 48.7 Å². The fourth-order valence-corrected chi connectivity index (χ4v) is 1.25. The van der Waals surface area contributed by atoms with Crippen LogP contribution in [0.5, 0.6) is 0 Å². The molecule has 1 rings (SSSR count). The Morgan fingerprint density at radius 3 is 2.71 bits per heavy atom. The maximum Gasteiger partial charge on any atom is 0.313 e. The Labute approximate surface area is 84.2 Å². The minimum absolute atomic E-state index is 0.129. The molecule has 0 fully saturated rings. The van der Waals surface area contributed by atoms with Crippen molar-refractivity contribution in [2.45, 2.75) is 13.3 Å². The van der Waals surface area contributed by atoms with Gasteiger partial charge in [-0.15, -0.1) is 0 Å². The summed E-state index contributed by atoms with van der Waals surface area (Å²) in [7, 11) is 0. The Bertz CT molecular complexity index is 303. The van der Waals surface area contributed by atoms with E-state index in [1.54, 1.807) is 0 Å². The first-order valence-electron chi connectivity index (χ1n) is 4.59. The first-order chi connectivity index (χ1) is 6.74. The third-order valence-electron chi connectivity index (χ3n) is 1.99. The second-order valence-electron chi connectivity index (χ2n) is 3.19. The zero-order valence-electron chi connectivity index (χ0n) is 8.27. The summed E-state index contributed by atoms with van der Waals surface area (Å²) in [5.41, 5.74) is 1.14. The van der Waals surface area contributed by atoms with Crippen LogP contribution in [-0.2, 0) is 16.0 Å². The predicted octanol–water partition coefficient (Wildman–Crippen LogP) is 2.55. The molecule has 1 aromatic carbocycles. The van der Waals surface area contributed by atoms with Crippen LogP contribution in [0.2, 0.25) is 0 Å². The van der Waals surface area contributed by atoms with E-state index in [2.05, 4.69) is 6.58 Å². The maximum absolute atomic E-state index is 11.3. The third-order valence-corrected chi connectivity index (χ3v) is 1.99. The molecule has 2 nitrogen and oxygen atoms in total. The van der Waals surface area contributed by atoms with E-state index in [1.165, 1.54) is 6.26 Å². The molecule has 0 aromatic heterocycles. The van der Waals surface area contributed by atoms with Gasteiger partial charge in [0.15, 0.2) is 0 Å². The third kappa shape index (κ3) is 3.05. The number of hydrogen-bond donors (Lipinski definition) is 0. The average Bonchev–Trinajstić information content (AvgIpc) is 2.19. The molecule has 0 radical (unpaired) electrons. The SMILES string of the molecule is C=COC(=O)C(C)Cc1ccccc1. The van der Waals surface area contributed by atoms with Crippen molar-refractivity contribution in [1.82, 2.24) is 0 Å². The largest absolute Gasteiger partial charge is 0.435 e. The minimum atomic E-state index is -0.233. The van der Waals surface area contributed by atoms with Crippen LogP contribution in [0.1, 0.15) is 12.5 Å². The van der Waals surface area contributed by atoms with E-state index in [4.69, 9.17) is 4.74 Å². The van der Waals surface area contributed by atoms with Gasteiger partial charge in [-0.1, -0.05) is 43.8 Å². The molecule has 0 saturated heterocycles. The van der Waals surface area contributed by atoms with Crippen molar-refractivity contribution in [3.8, 4) is 0 Å². The normalized spacial score (nSPS) is 11.8. The minimum Gasteiger partial charge on any atom is -0.435 e. The summed E-state index contributed by atoms with van der Waals surface area (Å²) < 4.78 is 4.70. The molecule has 0 N–H and O–H groups in total. The molecule has 1 atom stereocenters. The second kappa shape index (κ2) is 5.22. The van der Waals surface area contributed by atoms with E-state index in [0.717, 1.165) is 5.56 Å². The summed E-state index contributed by atoms with van der Waals surface area (Å²) in [6.45, 7) is 5.19. The van der Waals surface area contributed by atoms with Gasteiger partial charge in [0, 0.05) is 0 Å². The summed E-state index contributed by atoms with van der Waals surface area (Å²) in [6.07, 6.45) is 1.87. The lowest BCUT2D eigenvalue weighted by atomic mass is 10.0. The standard InChI is InChI=1S/C12H14O2/c1-3-14-12(13)10(2)9-11-7-5-4-6-8-11/h3-8,10H,1,9H2,2H3. The zero-order valence-corrected chi connectivity index (χ0v) is 8.27. The Balaban J connectivity index is 2.52. The van der Waals surface area contributed by atoms with Gasteiger partial charge in [-0.2, -0.15) is 0 Å². The van der Waals surface area contributed by atoms with Crippen molar-refractivity contribution in [2.24, 2.45) is 5.92 Å². The molecule has 0 aliphatic rings. The molecule has 2 heteroatoms. The van der Waals surface area contributed by atoms with Gasteiger partial charge < -0.3 is 4.74 Å². The van der Waals surface area contributed by atoms with Gasteiger partial charge in [0.1, 0.15) is 0 Å². The molecular formula is C12H14O2. The molecule has 0 aliphatic carbocycles. The molecule has 74 valence electrons. The zero-order chi connectivity index (χ0) is 10.4. The van der Waals surface area contributed by atoms with E-state index < -0.39 is 0 Å². The molecule has 0 saturated carbocycles. The van der Waals surface area contributed by atoms with Crippen molar-refractivity contribution in [3.63, 3.8) is 0 Å². The monoisotopic (exact) mass is 190 g/mol. The molecular weight excluding hydrogens is 176 g/mol. The van der Waals surface area contributed by atoms with Gasteiger partial charge >= 0.3 is 5.97 Å². The topological polar surface area (TPSA) is 26.3 Å². The summed E-state index contributed by atoms with van der Waals surface area (Å²) >= 11 is 0. The molecule has 0 aliphatic heterocycles. The molecule has 1 unspecified atom stereocenters. The van der Waals surface area contributed by atoms with Crippen LogP contribution in [0.3, 0.4) is 0 Å². The lowest BCUT2D eigenvalue weighted by molar-refractivity contribution is -0.142. The quantitative estimate of drug-likeness (QED) is 0.538. The first kappa shape index (κ1) is 10.5. The number of rotatable bonds is 4. The molecule has 0 amide bonds. The highest BCUT2D eigenvalue weighted by atomic mass is 16.5. The fraction of sp³-hybridized carbons (Fsp3) is 0.250. The lowest BCUT2D eigenvalue weighted by Gasteiger charge is -2.08. The van der Waals surface area contributed by atoms with E-state index in [1.807, 2.05) is 37.3 Å². The highest BCUT2D eigenvalue weighted by Gasteiger charge is 2.13. The highest BCUT2D eigenvalue weighted by molar-refractivity contribution is 5.72. The smallest absolute Gasteiger partial charge is 0.313 e. The summed E-state index contributed by atoms with van der Waals surface area (Å²) in [4.78, 5) is 11.3. The predicted molar refractivity (Wildman–Crippen MR) is 55.6 cm³/mol. The van der Waals surface area contributed by atoms with Crippen molar-refractivity contribution in [2.75, 3.05) is 0 Å². The van der Waals surface area contributed by atoms with E-state index in [9.17, 15) is 4.79 Å². The summed E-state index contributed by atoms with van der Waals surface area (Å²) in [5.74, 6) is -0.362. The Kier molecular flexibility index (Phi) is 3.92. The van der Waals surface area contributed by atoms with E-state index in [-0.39, 0.29) is 11.9 Å². The van der Waals surface area contributed by atoms with Crippen LogP contribution in [0, 0.1) is 5.92 Å². The molecule has 14 heavy (non-hydrogen) atoms. The van der Waals surface area contributed by atoms with Crippen LogP contribution in [0.25, 0.3) is 0 Å². The fourth-order valence-electron chi connectivity index (χ4n) is 1.25. The summed E-state index contributed by atoms with van der Waals surface area (Å²) in [5, 5.41) is 0. The number of carbonyl (C=O) groups is 1. The second-order valence-corrected chi connectivity index (χ2v) is 3.19.